The molecule has 1 saturated carbocycles. The molecule has 2 atom stereocenters. The highest BCUT2D eigenvalue weighted by molar-refractivity contribution is 4.83. The Morgan fingerprint density at radius 2 is 1.87 bits per heavy atom. The van der Waals surface area contributed by atoms with Crippen LogP contribution >= 0.6 is 0 Å². The van der Waals surface area contributed by atoms with E-state index in [1.807, 2.05) is 14.2 Å². The summed E-state index contributed by atoms with van der Waals surface area (Å²) in [5.41, 5.74) is 0. The van der Waals surface area contributed by atoms with Gasteiger partial charge in [0.1, 0.15) is 0 Å². The Labute approximate surface area is 93.5 Å². The van der Waals surface area contributed by atoms with E-state index in [0.29, 0.717) is 18.1 Å². The fourth-order valence-corrected chi connectivity index (χ4v) is 2.67. The molecule has 0 aromatic heterocycles. The van der Waals surface area contributed by atoms with E-state index >= 15 is 0 Å². The molecule has 1 fully saturated rings. The molecular weight excluding hydrogens is 190 g/mol. The second kappa shape index (κ2) is 7.20. The van der Waals surface area contributed by atoms with Gasteiger partial charge in [0.15, 0.2) is 0 Å². The minimum Gasteiger partial charge on any atom is -0.383 e. The average molecular weight is 215 g/mol. The van der Waals surface area contributed by atoms with Crippen LogP contribution in [0.5, 0.6) is 0 Å². The Hall–Kier alpha value is -0.120. The third kappa shape index (κ3) is 3.74. The molecule has 0 radical (unpaired) electrons. The maximum atomic E-state index is 5.65. The van der Waals surface area contributed by atoms with Crippen LogP contribution in [0.25, 0.3) is 0 Å². The Morgan fingerprint density at radius 1 is 1.20 bits per heavy atom. The van der Waals surface area contributed by atoms with Crippen LogP contribution in [0.4, 0.5) is 0 Å². The van der Waals surface area contributed by atoms with Crippen LogP contribution < -0.4 is 5.32 Å². The zero-order valence-electron chi connectivity index (χ0n) is 10.3. The van der Waals surface area contributed by atoms with Gasteiger partial charge in [-0.25, -0.2) is 0 Å². The molecule has 0 aromatic rings. The van der Waals surface area contributed by atoms with Gasteiger partial charge in [-0.15, -0.1) is 0 Å². The van der Waals surface area contributed by atoms with Gasteiger partial charge < -0.3 is 14.8 Å². The maximum Gasteiger partial charge on any atom is 0.0774 e. The third-order valence-electron chi connectivity index (χ3n) is 3.50. The van der Waals surface area contributed by atoms with Crippen molar-refractivity contribution < 1.29 is 9.47 Å². The molecule has 2 unspecified atom stereocenters. The Balaban J connectivity index is 2.50. The lowest BCUT2D eigenvalue weighted by Crippen LogP contribution is -2.46. The fraction of sp³-hybridized carbons (Fsp3) is 1.00. The number of methoxy groups -OCH3 is 2. The summed E-state index contributed by atoms with van der Waals surface area (Å²) in [6, 6.07) is 0.322. The predicted octanol–water partition coefficient (Wildman–Crippen LogP) is 1.82. The lowest BCUT2D eigenvalue weighted by atomic mass is 9.82. The molecule has 0 heterocycles. The molecule has 1 N–H and O–H groups in total. The normalized spacial score (nSPS) is 22.6. The molecule has 1 aliphatic rings. The van der Waals surface area contributed by atoms with E-state index in [9.17, 15) is 0 Å². The number of likely N-dealkylation sites (N-methyl/N-ethyl adjacent to an activating group) is 1. The summed E-state index contributed by atoms with van der Waals surface area (Å²) in [6.07, 6.45) is 7.01. The third-order valence-corrected chi connectivity index (χ3v) is 3.50. The quantitative estimate of drug-likeness (QED) is 0.733. The van der Waals surface area contributed by atoms with Crippen LogP contribution in [0.15, 0.2) is 0 Å². The summed E-state index contributed by atoms with van der Waals surface area (Å²) in [7, 11) is 5.55. The van der Waals surface area contributed by atoms with Crippen molar-refractivity contribution in [2.24, 2.45) is 5.92 Å². The van der Waals surface area contributed by atoms with Gasteiger partial charge in [-0.3, -0.25) is 0 Å². The molecule has 15 heavy (non-hydrogen) atoms. The number of hydrogen-bond acceptors (Lipinski definition) is 3. The smallest absolute Gasteiger partial charge is 0.0774 e. The van der Waals surface area contributed by atoms with Crippen molar-refractivity contribution in [1.82, 2.24) is 5.32 Å². The number of ether oxygens (including phenoxy) is 2. The lowest BCUT2D eigenvalue weighted by molar-refractivity contribution is -0.0110. The molecule has 3 heteroatoms. The first-order valence-corrected chi connectivity index (χ1v) is 6.02. The van der Waals surface area contributed by atoms with Crippen molar-refractivity contribution in [1.29, 1.82) is 0 Å². The average Bonchev–Trinajstić information content (AvgIpc) is 2.30. The van der Waals surface area contributed by atoms with E-state index in [1.54, 1.807) is 7.11 Å². The SMILES string of the molecule is CNC(COC)C(OC)C1CCCCC1. The van der Waals surface area contributed by atoms with Gasteiger partial charge in [0, 0.05) is 14.2 Å². The highest BCUT2D eigenvalue weighted by Gasteiger charge is 2.29. The highest BCUT2D eigenvalue weighted by atomic mass is 16.5. The number of hydrogen-bond donors (Lipinski definition) is 1. The van der Waals surface area contributed by atoms with E-state index in [4.69, 9.17) is 9.47 Å². The van der Waals surface area contributed by atoms with E-state index in [2.05, 4.69) is 5.32 Å². The number of nitrogens with one attached hydrogen (secondary N) is 1. The van der Waals surface area contributed by atoms with Gasteiger partial charge in [0.05, 0.1) is 18.8 Å². The fourth-order valence-electron chi connectivity index (χ4n) is 2.67. The van der Waals surface area contributed by atoms with E-state index in [0.717, 1.165) is 6.61 Å². The molecule has 3 nitrogen and oxygen atoms in total. The van der Waals surface area contributed by atoms with Crippen molar-refractivity contribution in [3.63, 3.8) is 0 Å². The Kier molecular flexibility index (Phi) is 6.22. The lowest BCUT2D eigenvalue weighted by Gasteiger charge is -2.34. The summed E-state index contributed by atoms with van der Waals surface area (Å²) >= 11 is 0. The first-order valence-electron chi connectivity index (χ1n) is 6.02. The largest absolute Gasteiger partial charge is 0.383 e. The molecule has 1 aliphatic carbocycles. The molecule has 1 rings (SSSR count). The van der Waals surface area contributed by atoms with Gasteiger partial charge in [-0.05, 0) is 25.8 Å². The van der Waals surface area contributed by atoms with Gasteiger partial charge >= 0.3 is 0 Å². The van der Waals surface area contributed by atoms with Crippen molar-refractivity contribution in [3.8, 4) is 0 Å². The van der Waals surface area contributed by atoms with Crippen molar-refractivity contribution in [2.75, 3.05) is 27.9 Å². The van der Waals surface area contributed by atoms with Crippen molar-refractivity contribution in [2.45, 2.75) is 44.2 Å². The Bertz CT molecular complexity index is 153. The maximum absolute atomic E-state index is 5.65. The molecule has 0 amide bonds. The molecule has 0 aromatic carbocycles. The van der Waals surface area contributed by atoms with Gasteiger partial charge in [0.25, 0.3) is 0 Å². The molecule has 0 spiro atoms. The van der Waals surface area contributed by atoms with E-state index < -0.39 is 0 Å². The second-order valence-electron chi connectivity index (χ2n) is 4.45. The first kappa shape index (κ1) is 12.9. The van der Waals surface area contributed by atoms with Crippen LogP contribution in [0.3, 0.4) is 0 Å². The minimum absolute atomic E-state index is 0.301. The van der Waals surface area contributed by atoms with Crippen LogP contribution in [-0.2, 0) is 9.47 Å². The van der Waals surface area contributed by atoms with Crippen molar-refractivity contribution in [3.05, 3.63) is 0 Å². The molecule has 0 aliphatic heterocycles. The standard InChI is InChI=1S/C12H25NO2/c1-13-11(9-14-2)12(15-3)10-7-5-4-6-8-10/h10-13H,4-9H2,1-3H3. The molecule has 0 saturated heterocycles. The summed E-state index contributed by atoms with van der Waals surface area (Å²) in [6.45, 7) is 0.728. The first-order chi connectivity index (χ1) is 7.33. The minimum atomic E-state index is 0.301. The Morgan fingerprint density at radius 3 is 2.33 bits per heavy atom. The second-order valence-corrected chi connectivity index (χ2v) is 4.45. The van der Waals surface area contributed by atoms with Crippen LogP contribution in [0.1, 0.15) is 32.1 Å². The van der Waals surface area contributed by atoms with E-state index in [1.165, 1.54) is 32.1 Å². The monoisotopic (exact) mass is 215 g/mol. The zero-order chi connectivity index (χ0) is 11.1. The van der Waals surface area contributed by atoms with Crippen LogP contribution in [0.2, 0.25) is 0 Å². The van der Waals surface area contributed by atoms with Gasteiger partial charge in [-0.2, -0.15) is 0 Å². The van der Waals surface area contributed by atoms with Gasteiger partial charge in [0.2, 0.25) is 0 Å². The summed E-state index contributed by atoms with van der Waals surface area (Å²) < 4.78 is 10.9. The van der Waals surface area contributed by atoms with Crippen LogP contribution in [0, 0.1) is 5.92 Å². The summed E-state index contributed by atoms with van der Waals surface area (Å²) in [4.78, 5) is 0. The zero-order valence-corrected chi connectivity index (χ0v) is 10.3. The van der Waals surface area contributed by atoms with Crippen LogP contribution in [-0.4, -0.2) is 40.0 Å². The molecule has 0 bridgehead atoms. The molecular formula is C12H25NO2. The predicted molar refractivity (Wildman–Crippen MR) is 62.1 cm³/mol. The topological polar surface area (TPSA) is 30.5 Å². The summed E-state index contributed by atoms with van der Waals surface area (Å²) in [5.74, 6) is 0.705. The highest BCUT2D eigenvalue weighted by Crippen LogP contribution is 2.29. The number of rotatable bonds is 6. The van der Waals surface area contributed by atoms with Crippen molar-refractivity contribution >= 4 is 0 Å². The summed E-state index contributed by atoms with van der Waals surface area (Å²) in [5, 5.41) is 3.30. The molecule has 90 valence electrons. The van der Waals surface area contributed by atoms with E-state index in [-0.39, 0.29) is 0 Å². The van der Waals surface area contributed by atoms with Gasteiger partial charge in [-0.1, -0.05) is 19.3 Å².